The largest absolute Gasteiger partial charge is 0.409 e. The molecule has 0 saturated heterocycles. The molecule has 5 nitrogen and oxygen atoms in total. The normalized spacial score (nSPS) is 18.3. The molecular weight excluding hydrogens is 310 g/mol. The number of nitrogens with two attached hydrogens (primary N) is 1. The van der Waals surface area contributed by atoms with Crippen LogP contribution in [-0.2, 0) is 0 Å². The Morgan fingerprint density at radius 2 is 1.89 bits per heavy atom. The lowest BCUT2D eigenvalue weighted by Crippen LogP contribution is -2.55. The summed E-state index contributed by atoms with van der Waals surface area (Å²) in [5.41, 5.74) is 5.59. The fourth-order valence-corrected chi connectivity index (χ4v) is 2.67. The van der Waals surface area contributed by atoms with Crippen LogP contribution >= 0.6 is 15.9 Å². The van der Waals surface area contributed by atoms with Crippen LogP contribution in [0.25, 0.3) is 0 Å². The molecule has 19 heavy (non-hydrogen) atoms. The van der Waals surface area contributed by atoms with Crippen LogP contribution in [0.3, 0.4) is 0 Å². The zero-order chi connectivity index (χ0) is 13.9. The lowest BCUT2D eigenvalue weighted by molar-refractivity contribution is 0.0922. The zero-order valence-electron chi connectivity index (χ0n) is 10.4. The first kappa shape index (κ1) is 13.9. The van der Waals surface area contributed by atoms with E-state index in [1.165, 1.54) is 0 Å². The van der Waals surface area contributed by atoms with Crippen molar-refractivity contribution in [1.82, 2.24) is 5.32 Å². The number of benzene rings is 1. The van der Waals surface area contributed by atoms with Crippen molar-refractivity contribution in [3.8, 4) is 0 Å². The van der Waals surface area contributed by atoms with Crippen LogP contribution in [0, 0.1) is 0 Å². The summed E-state index contributed by atoms with van der Waals surface area (Å²) >= 11 is 3.32. The Morgan fingerprint density at radius 1 is 1.32 bits per heavy atom. The van der Waals surface area contributed by atoms with Crippen LogP contribution in [0.5, 0.6) is 0 Å². The molecule has 0 aromatic heterocycles. The molecule has 4 N–H and O–H groups in total. The summed E-state index contributed by atoms with van der Waals surface area (Å²) in [7, 11) is 0. The summed E-state index contributed by atoms with van der Waals surface area (Å²) in [5, 5.41) is 14.9. The van der Waals surface area contributed by atoms with Gasteiger partial charge < -0.3 is 16.3 Å². The van der Waals surface area contributed by atoms with Gasteiger partial charge in [-0.3, -0.25) is 4.79 Å². The molecule has 2 rings (SSSR count). The van der Waals surface area contributed by atoms with Gasteiger partial charge >= 0.3 is 0 Å². The molecule has 6 heteroatoms. The smallest absolute Gasteiger partial charge is 0.252 e. The number of halogens is 1. The molecule has 0 spiro atoms. The van der Waals surface area contributed by atoms with Crippen molar-refractivity contribution in [3.05, 3.63) is 34.3 Å². The number of amides is 1. The van der Waals surface area contributed by atoms with Crippen LogP contribution in [0.2, 0.25) is 0 Å². The van der Waals surface area contributed by atoms with E-state index in [1.54, 1.807) is 24.3 Å². The third-order valence-corrected chi connectivity index (χ3v) is 4.04. The Hall–Kier alpha value is -1.56. The third kappa shape index (κ3) is 2.89. The Morgan fingerprint density at radius 3 is 2.42 bits per heavy atom. The van der Waals surface area contributed by atoms with Gasteiger partial charge in [0.2, 0.25) is 0 Å². The maximum Gasteiger partial charge on any atom is 0.252 e. The number of nitrogens with one attached hydrogen (secondary N) is 1. The number of carbonyl (C=O) groups is 1. The van der Waals surface area contributed by atoms with Crippen LogP contribution in [-0.4, -0.2) is 22.5 Å². The number of nitrogens with zero attached hydrogens (tertiary/aromatic N) is 1. The van der Waals surface area contributed by atoms with Gasteiger partial charge in [-0.1, -0.05) is 33.9 Å². The Labute approximate surface area is 120 Å². The van der Waals surface area contributed by atoms with Crippen LogP contribution in [0.15, 0.2) is 33.9 Å². The lowest BCUT2D eigenvalue weighted by Gasteiger charge is -2.28. The molecule has 1 fully saturated rings. The topological polar surface area (TPSA) is 87.7 Å². The number of oxime groups is 1. The fourth-order valence-electron chi connectivity index (χ4n) is 2.41. The molecular formula is C13H16BrN3O2. The molecule has 0 bridgehead atoms. The van der Waals surface area contributed by atoms with Gasteiger partial charge in [-0.2, -0.15) is 0 Å². The first-order chi connectivity index (χ1) is 9.07. The molecule has 1 aromatic carbocycles. The summed E-state index contributed by atoms with van der Waals surface area (Å²) < 4.78 is 0.913. The minimum atomic E-state index is -0.709. The highest BCUT2D eigenvalue weighted by molar-refractivity contribution is 9.10. The summed E-state index contributed by atoms with van der Waals surface area (Å²) in [6.07, 6.45) is 3.31. The highest BCUT2D eigenvalue weighted by Gasteiger charge is 2.39. The Balaban J connectivity index is 2.18. The van der Waals surface area contributed by atoms with Gasteiger partial charge in [-0.15, -0.1) is 0 Å². The molecule has 1 saturated carbocycles. The minimum Gasteiger partial charge on any atom is -0.409 e. The molecule has 1 aliphatic rings. The standard InChI is InChI=1S/C13H16BrN3O2/c14-10-5-3-9(4-6-10)11(18)16-13(12(15)17-19)7-1-2-8-13/h3-6,19H,1-2,7-8H2,(H2,15,17)(H,16,18). The van der Waals surface area contributed by atoms with Crippen molar-refractivity contribution < 1.29 is 10.0 Å². The summed E-state index contributed by atoms with van der Waals surface area (Å²) in [5.74, 6) is -0.128. The third-order valence-electron chi connectivity index (χ3n) is 3.51. The summed E-state index contributed by atoms with van der Waals surface area (Å²) in [6, 6.07) is 7.07. The van der Waals surface area contributed by atoms with E-state index < -0.39 is 5.54 Å². The second kappa shape index (κ2) is 5.61. The first-order valence-corrected chi connectivity index (χ1v) is 6.93. The molecule has 0 atom stereocenters. The average Bonchev–Trinajstić information content (AvgIpc) is 2.88. The van der Waals surface area contributed by atoms with E-state index in [0.717, 1.165) is 17.3 Å². The van der Waals surface area contributed by atoms with E-state index in [9.17, 15) is 4.79 Å². The van der Waals surface area contributed by atoms with Gasteiger partial charge in [-0.05, 0) is 37.1 Å². The second-order valence-electron chi connectivity index (χ2n) is 4.74. The first-order valence-electron chi connectivity index (χ1n) is 6.13. The zero-order valence-corrected chi connectivity index (χ0v) is 12.0. The van der Waals surface area contributed by atoms with E-state index in [1.807, 2.05) is 0 Å². The second-order valence-corrected chi connectivity index (χ2v) is 5.65. The van der Waals surface area contributed by atoms with Gasteiger partial charge in [0.15, 0.2) is 5.84 Å². The summed E-state index contributed by atoms with van der Waals surface area (Å²) in [4.78, 5) is 12.2. The number of amidine groups is 1. The number of hydrogen-bond acceptors (Lipinski definition) is 3. The molecule has 0 aliphatic heterocycles. The average molecular weight is 326 g/mol. The molecule has 102 valence electrons. The van der Waals surface area contributed by atoms with Gasteiger partial charge in [-0.25, -0.2) is 0 Å². The number of hydrogen-bond donors (Lipinski definition) is 3. The molecule has 1 amide bonds. The van der Waals surface area contributed by atoms with Crippen molar-refractivity contribution in [2.24, 2.45) is 10.9 Å². The van der Waals surface area contributed by atoms with Crippen molar-refractivity contribution >= 4 is 27.7 Å². The monoisotopic (exact) mass is 325 g/mol. The summed E-state index contributed by atoms with van der Waals surface area (Å²) in [6.45, 7) is 0. The Kier molecular flexibility index (Phi) is 4.09. The molecule has 0 heterocycles. The molecule has 1 aromatic rings. The predicted molar refractivity (Wildman–Crippen MR) is 76.2 cm³/mol. The van der Waals surface area contributed by atoms with Crippen LogP contribution in [0.4, 0.5) is 0 Å². The highest BCUT2D eigenvalue weighted by atomic mass is 79.9. The fraction of sp³-hybridized carbons (Fsp3) is 0.385. The quantitative estimate of drug-likeness (QED) is 0.344. The van der Waals surface area contributed by atoms with Crippen molar-refractivity contribution in [3.63, 3.8) is 0 Å². The maximum absolute atomic E-state index is 12.2. The van der Waals surface area contributed by atoms with E-state index >= 15 is 0 Å². The lowest BCUT2D eigenvalue weighted by atomic mass is 9.95. The molecule has 0 radical (unpaired) electrons. The van der Waals surface area contributed by atoms with E-state index in [2.05, 4.69) is 26.4 Å². The van der Waals surface area contributed by atoms with Crippen LogP contribution in [0.1, 0.15) is 36.0 Å². The van der Waals surface area contributed by atoms with Crippen LogP contribution < -0.4 is 11.1 Å². The van der Waals surface area contributed by atoms with Gasteiger partial charge in [0.25, 0.3) is 5.91 Å². The SMILES string of the molecule is N/C(=N/O)C1(NC(=O)c2ccc(Br)cc2)CCCC1. The molecule has 1 aliphatic carbocycles. The van der Waals surface area contributed by atoms with Crippen molar-refractivity contribution in [2.75, 3.05) is 0 Å². The van der Waals surface area contributed by atoms with Gasteiger partial charge in [0.1, 0.15) is 5.54 Å². The number of carbonyl (C=O) groups excluding carboxylic acids is 1. The minimum absolute atomic E-state index is 0.0791. The van der Waals surface area contributed by atoms with E-state index in [-0.39, 0.29) is 11.7 Å². The molecule has 0 unspecified atom stereocenters. The van der Waals surface area contributed by atoms with Crippen molar-refractivity contribution in [2.45, 2.75) is 31.2 Å². The van der Waals surface area contributed by atoms with E-state index in [4.69, 9.17) is 10.9 Å². The van der Waals surface area contributed by atoms with Crippen molar-refractivity contribution in [1.29, 1.82) is 0 Å². The maximum atomic E-state index is 12.2. The van der Waals surface area contributed by atoms with Gasteiger partial charge in [0, 0.05) is 10.0 Å². The Bertz CT molecular complexity index is 493. The highest BCUT2D eigenvalue weighted by Crippen LogP contribution is 2.30. The number of rotatable bonds is 3. The van der Waals surface area contributed by atoms with E-state index in [0.29, 0.717) is 18.4 Å². The predicted octanol–water partition coefficient (Wildman–Crippen LogP) is 2.24. The van der Waals surface area contributed by atoms with Gasteiger partial charge in [0.05, 0.1) is 0 Å².